The molecular formula is C12H23NO2S. The average Bonchev–Trinajstić information content (AvgIpc) is 2.52. The van der Waals surface area contributed by atoms with Crippen molar-refractivity contribution in [3.8, 4) is 0 Å². The van der Waals surface area contributed by atoms with Crippen molar-refractivity contribution in [3.05, 3.63) is 0 Å². The van der Waals surface area contributed by atoms with Crippen molar-refractivity contribution in [1.29, 1.82) is 0 Å². The van der Waals surface area contributed by atoms with Gasteiger partial charge in [0.2, 0.25) is 0 Å². The maximum absolute atomic E-state index is 11.4. The Balaban J connectivity index is 1.83. The van der Waals surface area contributed by atoms with Crippen LogP contribution in [0.5, 0.6) is 0 Å². The molecule has 94 valence electrons. The number of nitrogens with one attached hydrogen (secondary N) is 1. The zero-order valence-corrected chi connectivity index (χ0v) is 11.1. The van der Waals surface area contributed by atoms with E-state index in [1.54, 1.807) is 0 Å². The second-order valence-corrected chi connectivity index (χ2v) is 7.96. The Kier molecular flexibility index (Phi) is 3.59. The molecule has 1 saturated heterocycles. The molecule has 0 spiro atoms. The summed E-state index contributed by atoms with van der Waals surface area (Å²) >= 11 is 0. The largest absolute Gasteiger partial charge is 0.310 e. The van der Waals surface area contributed by atoms with E-state index < -0.39 is 9.84 Å². The molecule has 16 heavy (non-hydrogen) atoms. The van der Waals surface area contributed by atoms with Crippen molar-refractivity contribution in [3.63, 3.8) is 0 Å². The van der Waals surface area contributed by atoms with E-state index in [2.05, 4.69) is 19.2 Å². The molecule has 1 aliphatic heterocycles. The minimum atomic E-state index is -2.73. The van der Waals surface area contributed by atoms with Crippen LogP contribution in [-0.4, -0.2) is 32.0 Å². The Labute approximate surface area is 98.9 Å². The Morgan fingerprint density at radius 2 is 1.75 bits per heavy atom. The van der Waals surface area contributed by atoms with Crippen molar-refractivity contribution >= 4 is 9.84 Å². The first-order valence-corrected chi connectivity index (χ1v) is 8.25. The van der Waals surface area contributed by atoms with Gasteiger partial charge in [-0.25, -0.2) is 8.42 Å². The topological polar surface area (TPSA) is 46.2 Å². The lowest BCUT2D eigenvalue weighted by Gasteiger charge is -2.34. The van der Waals surface area contributed by atoms with Crippen molar-refractivity contribution in [2.24, 2.45) is 11.8 Å². The fourth-order valence-corrected chi connectivity index (χ4v) is 4.64. The van der Waals surface area contributed by atoms with Gasteiger partial charge in [0.1, 0.15) is 0 Å². The van der Waals surface area contributed by atoms with Gasteiger partial charge in [0.05, 0.1) is 11.5 Å². The first-order valence-electron chi connectivity index (χ1n) is 6.43. The van der Waals surface area contributed by atoms with Gasteiger partial charge in [0.15, 0.2) is 9.84 Å². The number of hydrogen-bond donors (Lipinski definition) is 1. The van der Waals surface area contributed by atoms with Gasteiger partial charge in [0, 0.05) is 12.1 Å². The molecule has 2 aliphatic rings. The lowest BCUT2D eigenvalue weighted by atomic mass is 9.79. The minimum Gasteiger partial charge on any atom is -0.310 e. The SMILES string of the molecule is C[C@@H]1CC[C@H](N[C@H]2CCS(=O)(=O)C2)C[C@H]1C. The molecule has 0 radical (unpaired) electrons. The van der Waals surface area contributed by atoms with E-state index in [0.717, 1.165) is 18.3 Å². The summed E-state index contributed by atoms with van der Waals surface area (Å²) in [4.78, 5) is 0. The zero-order valence-electron chi connectivity index (χ0n) is 10.3. The number of sulfone groups is 1. The summed E-state index contributed by atoms with van der Waals surface area (Å²) in [7, 11) is -2.73. The van der Waals surface area contributed by atoms with Crippen LogP contribution >= 0.6 is 0 Å². The smallest absolute Gasteiger partial charge is 0.151 e. The summed E-state index contributed by atoms with van der Waals surface area (Å²) in [5, 5.41) is 3.55. The van der Waals surface area contributed by atoms with Gasteiger partial charge in [-0.1, -0.05) is 13.8 Å². The Bertz CT molecular complexity index is 339. The van der Waals surface area contributed by atoms with E-state index in [-0.39, 0.29) is 6.04 Å². The van der Waals surface area contributed by atoms with E-state index in [9.17, 15) is 8.42 Å². The lowest BCUT2D eigenvalue weighted by molar-refractivity contribution is 0.217. The molecule has 1 N–H and O–H groups in total. The molecule has 0 aromatic carbocycles. The standard InChI is InChI=1S/C12H23NO2S/c1-9-3-4-11(7-10(9)2)13-12-5-6-16(14,15)8-12/h9-13H,3-8H2,1-2H3/t9-,10-,11+,12+/m1/s1. The third kappa shape index (κ3) is 2.98. The van der Waals surface area contributed by atoms with Crippen molar-refractivity contribution in [2.45, 2.75) is 51.6 Å². The van der Waals surface area contributed by atoms with Gasteiger partial charge in [-0.15, -0.1) is 0 Å². The quantitative estimate of drug-likeness (QED) is 0.803. The van der Waals surface area contributed by atoms with Crippen LogP contribution in [-0.2, 0) is 9.84 Å². The first kappa shape index (κ1) is 12.4. The normalized spacial score (nSPS) is 43.4. The Hall–Kier alpha value is -0.0900. The van der Waals surface area contributed by atoms with Crippen LogP contribution in [0.2, 0.25) is 0 Å². The summed E-state index contributed by atoms with van der Waals surface area (Å²) in [6.45, 7) is 4.63. The highest BCUT2D eigenvalue weighted by Gasteiger charge is 2.31. The Morgan fingerprint density at radius 1 is 1.00 bits per heavy atom. The van der Waals surface area contributed by atoms with E-state index >= 15 is 0 Å². The fourth-order valence-electron chi connectivity index (χ4n) is 2.96. The van der Waals surface area contributed by atoms with Crippen molar-refractivity contribution < 1.29 is 8.42 Å². The van der Waals surface area contributed by atoms with Gasteiger partial charge >= 0.3 is 0 Å². The van der Waals surface area contributed by atoms with E-state index in [1.807, 2.05) is 0 Å². The molecule has 0 aromatic heterocycles. The van der Waals surface area contributed by atoms with Crippen LogP contribution in [0.1, 0.15) is 39.5 Å². The van der Waals surface area contributed by atoms with E-state index in [1.165, 1.54) is 19.3 Å². The van der Waals surface area contributed by atoms with Crippen LogP contribution in [0.4, 0.5) is 0 Å². The monoisotopic (exact) mass is 245 g/mol. The number of rotatable bonds is 2. The van der Waals surface area contributed by atoms with Gasteiger partial charge in [0.25, 0.3) is 0 Å². The highest BCUT2D eigenvalue weighted by molar-refractivity contribution is 7.91. The molecule has 4 heteroatoms. The summed E-state index contributed by atoms with van der Waals surface area (Å²) in [6, 6.07) is 0.764. The molecule has 0 bridgehead atoms. The second kappa shape index (κ2) is 4.65. The summed E-state index contributed by atoms with van der Waals surface area (Å²) in [5.74, 6) is 2.33. The third-order valence-corrected chi connectivity index (χ3v) is 6.07. The molecule has 0 unspecified atom stereocenters. The zero-order chi connectivity index (χ0) is 11.8. The van der Waals surface area contributed by atoms with Crippen LogP contribution < -0.4 is 5.32 Å². The predicted molar refractivity (Wildman–Crippen MR) is 66.2 cm³/mol. The molecule has 0 amide bonds. The fraction of sp³-hybridized carbons (Fsp3) is 1.00. The van der Waals surface area contributed by atoms with Crippen LogP contribution in [0.15, 0.2) is 0 Å². The van der Waals surface area contributed by atoms with Gasteiger partial charge in [-0.2, -0.15) is 0 Å². The van der Waals surface area contributed by atoms with E-state index in [0.29, 0.717) is 17.5 Å². The summed E-state index contributed by atoms with van der Waals surface area (Å²) in [5.41, 5.74) is 0. The highest BCUT2D eigenvalue weighted by Crippen LogP contribution is 2.30. The van der Waals surface area contributed by atoms with E-state index in [4.69, 9.17) is 0 Å². The third-order valence-electron chi connectivity index (χ3n) is 4.30. The molecule has 2 rings (SSSR count). The molecule has 3 nitrogen and oxygen atoms in total. The minimum absolute atomic E-state index is 0.218. The van der Waals surface area contributed by atoms with Crippen LogP contribution in [0.25, 0.3) is 0 Å². The van der Waals surface area contributed by atoms with Crippen molar-refractivity contribution in [2.75, 3.05) is 11.5 Å². The van der Waals surface area contributed by atoms with Gasteiger partial charge in [-0.05, 0) is 37.5 Å². The highest BCUT2D eigenvalue weighted by atomic mass is 32.2. The molecule has 2 fully saturated rings. The number of hydrogen-bond acceptors (Lipinski definition) is 3. The molecular weight excluding hydrogens is 222 g/mol. The lowest BCUT2D eigenvalue weighted by Crippen LogP contribution is -2.42. The van der Waals surface area contributed by atoms with Crippen molar-refractivity contribution in [1.82, 2.24) is 5.32 Å². The molecule has 1 aliphatic carbocycles. The molecule has 1 heterocycles. The average molecular weight is 245 g/mol. The maximum Gasteiger partial charge on any atom is 0.151 e. The maximum atomic E-state index is 11.4. The summed E-state index contributed by atoms with van der Waals surface area (Å²) in [6.07, 6.45) is 4.50. The Morgan fingerprint density at radius 3 is 2.31 bits per heavy atom. The van der Waals surface area contributed by atoms with Crippen LogP contribution in [0.3, 0.4) is 0 Å². The predicted octanol–water partition coefficient (Wildman–Crippen LogP) is 1.59. The summed E-state index contributed by atoms with van der Waals surface area (Å²) < 4.78 is 22.7. The molecule has 4 atom stereocenters. The van der Waals surface area contributed by atoms with Gasteiger partial charge in [-0.3, -0.25) is 0 Å². The molecule has 0 aromatic rings. The second-order valence-electron chi connectivity index (χ2n) is 5.73. The first-order chi connectivity index (χ1) is 7.46. The van der Waals surface area contributed by atoms with Gasteiger partial charge < -0.3 is 5.32 Å². The van der Waals surface area contributed by atoms with Crippen LogP contribution in [0, 0.1) is 11.8 Å². The molecule has 1 saturated carbocycles.